The summed E-state index contributed by atoms with van der Waals surface area (Å²) in [6.07, 6.45) is 0.838. The number of hydrogen-bond donors (Lipinski definition) is 2. The van der Waals surface area contributed by atoms with Crippen LogP contribution in [0.4, 0.5) is 5.69 Å². The summed E-state index contributed by atoms with van der Waals surface area (Å²) in [5, 5.41) is 6.06. The molecule has 5 nitrogen and oxygen atoms in total. The molecule has 0 unspecified atom stereocenters. The average Bonchev–Trinajstić information content (AvgIpc) is 2.59. The van der Waals surface area contributed by atoms with E-state index in [0.717, 1.165) is 17.7 Å². The Balaban J connectivity index is 2.18. The van der Waals surface area contributed by atoms with Crippen LogP contribution >= 0.6 is 0 Å². The molecular weight excluding hydrogens is 266 g/mol. The summed E-state index contributed by atoms with van der Waals surface area (Å²) in [5.74, 6) is -0.212. The van der Waals surface area contributed by atoms with Crippen molar-refractivity contribution in [3.8, 4) is 0 Å². The van der Waals surface area contributed by atoms with E-state index in [1.54, 1.807) is 4.90 Å². The first kappa shape index (κ1) is 15.5. The first-order valence-electron chi connectivity index (χ1n) is 7.33. The number of carbonyl (C=O) groups excluding carboxylic acids is 2. The van der Waals surface area contributed by atoms with Crippen molar-refractivity contribution in [2.45, 2.75) is 39.3 Å². The number of benzene rings is 1. The minimum atomic E-state index is -0.260. The summed E-state index contributed by atoms with van der Waals surface area (Å²) in [6, 6.07) is 7.69. The number of amides is 2. The van der Waals surface area contributed by atoms with E-state index < -0.39 is 0 Å². The SMILES string of the molecule is CCC(C)(C)NC(=O)CN1C(=O)CNCc2ccccc21. The molecule has 0 radical (unpaired) electrons. The van der Waals surface area contributed by atoms with Crippen molar-refractivity contribution in [3.63, 3.8) is 0 Å². The predicted octanol–water partition coefficient (Wildman–Crippen LogP) is 1.43. The molecule has 21 heavy (non-hydrogen) atoms. The van der Waals surface area contributed by atoms with E-state index in [2.05, 4.69) is 10.6 Å². The van der Waals surface area contributed by atoms with Crippen LogP contribution in [0.15, 0.2) is 24.3 Å². The highest BCUT2D eigenvalue weighted by Gasteiger charge is 2.25. The fourth-order valence-corrected chi connectivity index (χ4v) is 2.28. The highest BCUT2D eigenvalue weighted by Crippen LogP contribution is 2.22. The Kier molecular flexibility index (Phi) is 4.63. The standard InChI is InChI=1S/C16H23N3O2/c1-4-16(2,3)18-14(20)11-19-13-8-6-5-7-12(13)9-17-10-15(19)21/h5-8,17H,4,9-11H2,1-3H3,(H,18,20). The highest BCUT2D eigenvalue weighted by atomic mass is 16.2. The first-order chi connectivity index (χ1) is 9.93. The lowest BCUT2D eigenvalue weighted by atomic mass is 10.0. The molecule has 114 valence electrons. The van der Waals surface area contributed by atoms with Gasteiger partial charge >= 0.3 is 0 Å². The van der Waals surface area contributed by atoms with Gasteiger partial charge < -0.3 is 15.5 Å². The van der Waals surface area contributed by atoms with Crippen LogP contribution in [0.2, 0.25) is 0 Å². The van der Waals surface area contributed by atoms with Crippen molar-refractivity contribution < 1.29 is 9.59 Å². The van der Waals surface area contributed by atoms with Crippen LogP contribution < -0.4 is 15.5 Å². The monoisotopic (exact) mass is 289 g/mol. The van der Waals surface area contributed by atoms with E-state index in [0.29, 0.717) is 6.54 Å². The van der Waals surface area contributed by atoms with Gasteiger partial charge in [-0.15, -0.1) is 0 Å². The molecule has 2 amide bonds. The topological polar surface area (TPSA) is 61.4 Å². The van der Waals surface area contributed by atoms with Gasteiger partial charge in [-0.2, -0.15) is 0 Å². The van der Waals surface area contributed by atoms with Gasteiger partial charge in [-0.3, -0.25) is 9.59 Å². The molecule has 0 fully saturated rings. The van der Waals surface area contributed by atoms with Crippen molar-refractivity contribution in [2.24, 2.45) is 0 Å². The molecule has 0 spiro atoms. The largest absolute Gasteiger partial charge is 0.350 e. The van der Waals surface area contributed by atoms with Crippen molar-refractivity contribution in [3.05, 3.63) is 29.8 Å². The Morgan fingerprint density at radius 1 is 1.33 bits per heavy atom. The van der Waals surface area contributed by atoms with Gasteiger partial charge in [0.25, 0.3) is 0 Å². The van der Waals surface area contributed by atoms with Crippen molar-refractivity contribution in [2.75, 3.05) is 18.0 Å². The third-order valence-corrected chi connectivity index (χ3v) is 3.84. The van der Waals surface area contributed by atoms with E-state index in [4.69, 9.17) is 0 Å². The Bertz CT molecular complexity index is 540. The molecule has 1 aliphatic heterocycles. The minimum Gasteiger partial charge on any atom is -0.350 e. The molecule has 1 aromatic rings. The zero-order valence-corrected chi connectivity index (χ0v) is 12.9. The maximum absolute atomic E-state index is 12.2. The normalized spacial score (nSPS) is 15.4. The minimum absolute atomic E-state index is 0.0565. The number of carbonyl (C=O) groups is 2. The number of para-hydroxylation sites is 1. The van der Waals surface area contributed by atoms with Crippen LogP contribution in [0.25, 0.3) is 0 Å². The zero-order valence-electron chi connectivity index (χ0n) is 12.9. The second kappa shape index (κ2) is 6.26. The second-order valence-corrected chi connectivity index (χ2v) is 6.00. The Morgan fingerprint density at radius 2 is 2.05 bits per heavy atom. The van der Waals surface area contributed by atoms with Gasteiger partial charge in [0, 0.05) is 17.8 Å². The number of nitrogens with one attached hydrogen (secondary N) is 2. The summed E-state index contributed by atoms with van der Waals surface area (Å²) in [4.78, 5) is 26.0. The molecule has 0 bridgehead atoms. The number of rotatable bonds is 4. The lowest BCUT2D eigenvalue weighted by Gasteiger charge is -2.27. The molecule has 0 aromatic heterocycles. The Morgan fingerprint density at radius 3 is 2.76 bits per heavy atom. The second-order valence-electron chi connectivity index (χ2n) is 6.00. The van der Waals surface area contributed by atoms with E-state index in [1.165, 1.54) is 0 Å². The van der Waals surface area contributed by atoms with E-state index in [1.807, 2.05) is 45.0 Å². The summed E-state index contributed by atoms with van der Waals surface area (Å²) < 4.78 is 0. The third-order valence-electron chi connectivity index (χ3n) is 3.84. The average molecular weight is 289 g/mol. The highest BCUT2D eigenvalue weighted by molar-refractivity contribution is 6.00. The molecule has 0 saturated carbocycles. The molecule has 0 saturated heterocycles. The van der Waals surface area contributed by atoms with Crippen molar-refractivity contribution in [1.82, 2.24) is 10.6 Å². The maximum Gasteiger partial charge on any atom is 0.241 e. The van der Waals surface area contributed by atoms with Crippen LogP contribution in [0, 0.1) is 0 Å². The van der Waals surface area contributed by atoms with Gasteiger partial charge in [-0.25, -0.2) is 0 Å². The predicted molar refractivity (Wildman–Crippen MR) is 83.0 cm³/mol. The van der Waals surface area contributed by atoms with Gasteiger partial charge in [0.2, 0.25) is 11.8 Å². The molecule has 0 aliphatic carbocycles. The smallest absolute Gasteiger partial charge is 0.241 e. The molecule has 5 heteroatoms. The van der Waals surface area contributed by atoms with Crippen LogP contribution in [0.5, 0.6) is 0 Å². The van der Waals surface area contributed by atoms with E-state index in [-0.39, 0.29) is 30.4 Å². The quantitative estimate of drug-likeness (QED) is 0.881. The van der Waals surface area contributed by atoms with Gasteiger partial charge in [0.15, 0.2) is 0 Å². The van der Waals surface area contributed by atoms with Crippen LogP contribution in [0.1, 0.15) is 32.8 Å². The number of hydrogen-bond acceptors (Lipinski definition) is 3. The molecule has 1 aliphatic rings. The summed E-state index contributed by atoms with van der Waals surface area (Å²) >= 11 is 0. The van der Waals surface area contributed by atoms with Crippen molar-refractivity contribution >= 4 is 17.5 Å². The zero-order chi connectivity index (χ0) is 15.5. The van der Waals surface area contributed by atoms with Crippen molar-refractivity contribution in [1.29, 1.82) is 0 Å². The number of fused-ring (bicyclic) bond motifs is 1. The Hall–Kier alpha value is -1.88. The summed E-state index contributed by atoms with van der Waals surface area (Å²) in [7, 11) is 0. The Labute approximate surface area is 125 Å². The van der Waals surface area contributed by atoms with Crippen LogP contribution in [-0.2, 0) is 16.1 Å². The fraction of sp³-hybridized carbons (Fsp3) is 0.500. The van der Waals surface area contributed by atoms with E-state index in [9.17, 15) is 9.59 Å². The van der Waals surface area contributed by atoms with E-state index >= 15 is 0 Å². The van der Waals surface area contributed by atoms with Gasteiger partial charge in [-0.05, 0) is 31.9 Å². The summed E-state index contributed by atoms with van der Waals surface area (Å²) in [6.45, 7) is 6.92. The van der Waals surface area contributed by atoms with Gasteiger partial charge in [-0.1, -0.05) is 25.1 Å². The molecule has 1 heterocycles. The third kappa shape index (κ3) is 3.82. The van der Waals surface area contributed by atoms with Gasteiger partial charge in [0.1, 0.15) is 6.54 Å². The van der Waals surface area contributed by atoms with Crippen LogP contribution in [-0.4, -0.2) is 30.4 Å². The first-order valence-corrected chi connectivity index (χ1v) is 7.33. The molecule has 2 N–H and O–H groups in total. The number of nitrogens with zero attached hydrogens (tertiary/aromatic N) is 1. The van der Waals surface area contributed by atoms with Gasteiger partial charge in [0.05, 0.1) is 6.54 Å². The summed E-state index contributed by atoms with van der Waals surface area (Å²) in [5.41, 5.74) is 1.59. The lowest BCUT2D eigenvalue weighted by Crippen LogP contribution is -2.49. The molecule has 1 aromatic carbocycles. The molecular formula is C16H23N3O2. The molecule has 2 rings (SSSR count). The number of anilines is 1. The lowest BCUT2D eigenvalue weighted by molar-refractivity contribution is -0.124. The van der Waals surface area contributed by atoms with Crippen LogP contribution in [0.3, 0.4) is 0 Å². The maximum atomic E-state index is 12.2. The molecule has 0 atom stereocenters. The fourth-order valence-electron chi connectivity index (χ4n) is 2.28.